The van der Waals surface area contributed by atoms with Crippen LogP contribution in [0.1, 0.15) is 11.5 Å². The molecule has 0 atom stereocenters. The maximum Gasteiger partial charge on any atom is 0.322 e. The van der Waals surface area contributed by atoms with Gasteiger partial charge in [-0.1, -0.05) is 12.1 Å². The molecule has 0 aliphatic heterocycles. The highest BCUT2D eigenvalue weighted by Gasteiger charge is 2.23. The highest BCUT2D eigenvalue weighted by Crippen LogP contribution is 2.15. The second kappa shape index (κ2) is 11.1. The van der Waals surface area contributed by atoms with Crippen molar-refractivity contribution in [2.45, 2.75) is 13.1 Å². The molecule has 0 spiro atoms. The van der Waals surface area contributed by atoms with E-state index in [4.69, 9.17) is 9.15 Å². The summed E-state index contributed by atoms with van der Waals surface area (Å²) in [6.07, 6.45) is 3.45. The molecule has 1 aromatic carbocycles. The fourth-order valence-electron chi connectivity index (χ4n) is 3.15. The Morgan fingerprint density at radius 3 is 2.56 bits per heavy atom. The fraction of sp³-hybridized carbons (Fsp3) is 0.304. The summed E-state index contributed by atoms with van der Waals surface area (Å²) in [4.78, 5) is 29.0. The summed E-state index contributed by atoms with van der Waals surface area (Å²) >= 11 is 0. The van der Waals surface area contributed by atoms with Gasteiger partial charge in [0.15, 0.2) is 0 Å². The molecule has 3 aromatic rings. The van der Waals surface area contributed by atoms with Crippen LogP contribution in [0.15, 0.2) is 65.4 Å². The fourth-order valence-corrected chi connectivity index (χ4v) is 3.15. The SMILES string of the molecule is COCCN(CC(=O)N(Cc1ccco1)Cc1cccn1C)C(=O)Nc1ccccc1F. The van der Waals surface area contributed by atoms with Crippen LogP contribution in [0.5, 0.6) is 0 Å². The van der Waals surface area contributed by atoms with Crippen molar-refractivity contribution in [3.8, 4) is 0 Å². The van der Waals surface area contributed by atoms with E-state index < -0.39 is 11.8 Å². The number of carbonyl (C=O) groups is 2. The van der Waals surface area contributed by atoms with Gasteiger partial charge in [0.05, 0.1) is 31.6 Å². The number of ether oxygens (including phenoxy) is 1. The van der Waals surface area contributed by atoms with Crippen molar-refractivity contribution in [3.05, 3.63) is 78.3 Å². The summed E-state index contributed by atoms with van der Waals surface area (Å²) < 4.78 is 26.4. The third kappa shape index (κ3) is 6.21. The summed E-state index contributed by atoms with van der Waals surface area (Å²) in [5.41, 5.74) is 0.979. The predicted octanol–water partition coefficient (Wildman–Crippen LogP) is 3.47. The molecule has 2 heterocycles. The van der Waals surface area contributed by atoms with Gasteiger partial charge in [-0.05, 0) is 36.4 Å². The molecule has 0 saturated carbocycles. The van der Waals surface area contributed by atoms with E-state index in [9.17, 15) is 14.0 Å². The maximum absolute atomic E-state index is 14.0. The Bertz CT molecular complexity index is 1020. The van der Waals surface area contributed by atoms with Gasteiger partial charge in [0, 0.05) is 32.6 Å². The number of carbonyl (C=O) groups excluding carboxylic acids is 2. The number of benzene rings is 1. The van der Waals surface area contributed by atoms with E-state index >= 15 is 0 Å². The molecule has 0 saturated heterocycles. The number of nitrogens with zero attached hydrogens (tertiary/aromatic N) is 3. The number of hydrogen-bond donors (Lipinski definition) is 1. The molecule has 0 fully saturated rings. The number of methoxy groups -OCH3 is 1. The van der Waals surface area contributed by atoms with Crippen LogP contribution < -0.4 is 5.32 Å². The predicted molar refractivity (Wildman–Crippen MR) is 117 cm³/mol. The number of para-hydroxylation sites is 1. The van der Waals surface area contributed by atoms with Crippen molar-refractivity contribution in [1.29, 1.82) is 0 Å². The number of nitrogens with one attached hydrogen (secondary N) is 1. The van der Waals surface area contributed by atoms with Gasteiger partial charge in [0.1, 0.15) is 18.1 Å². The smallest absolute Gasteiger partial charge is 0.322 e. The summed E-state index contributed by atoms with van der Waals surface area (Å²) in [7, 11) is 3.41. The van der Waals surface area contributed by atoms with Crippen molar-refractivity contribution >= 4 is 17.6 Å². The van der Waals surface area contributed by atoms with Gasteiger partial charge in [-0.25, -0.2) is 9.18 Å². The lowest BCUT2D eigenvalue weighted by Crippen LogP contribution is -2.45. The minimum Gasteiger partial charge on any atom is -0.467 e. The molecule has 0 bridgehead atoms. The maximum atomic E-state index is 14.0. The number of halogens is 1. The quantitative estimate of drug-likeness (QED) is 0.522. The lowest BCUT2D eigenvalue weighted by Gasteiger charge is -2.27. The molecule has 3 amide bonds. The molecule has 0 unspecified atom stereocenters. The lowest BCUT2D eigenvalue weighted by atomic mass is 10.3. The lowest BCUT2D eigenvalue weighted by molar-refractivity contribution is -0.133. The largest absolute Gasteiger partial charge is 0.467 e. The molecule has 0 aliphatic carbocycles. The van der Waals surface area contributed by atoms with Crippen LogP contribution in [-0.4, -0.2) is 53.1 Å². The molecule has 32 heavy (non-hydrogen) atoms. The van der Waals surface area contributed by atoms with Gasteiger partial charge >= 0.3 is 6.03 Å². The number of amides is 3. The molecule has 170 valence electrons. The van der Waals surface area contributed by atoms with Crippen LogP contribution in [0.25, 0.3) is 0 Å². The summed E-state index contributed by atoms with van der Waals surface area (Å²) in [5.74, 6) is -0.198. The van der Waals surface area contributed by atoms with Crippen LogP contribution in [0.3, 0.4) is 0 Å². The molecular formula is C23H27FN4O4. The first-order chi connectivity index (χ1) is 15.5. The van der Waals surface area contributed by atoms with Gasteiger partial charge in [-0.15, -0.1) is 0 Å². The van der Waals surface area contributed by atoms with E-state index in [0.29, 0.717) is 12.3 Å². The third-order valence-electron chi connectivity index (χ3n) is 4.98. The first-order valence-electron chi connectivity index (χ1n) is 10.2. The first-order valence-corrected chi connectivity index (χ1v) is 10.2. The average molecular weight is 442 g/mol. The van der Waals surface area contributed by atoms with Crippen LogP contribution in [-0.2, 0) is 29.7 Å². The van der Waals surface area contributed by atoms with E-state index in [1.807, 2.05) is 29.9 Å². The zero-order chi connectivity index (χ0) is 22.9. The number of rotatable bonds is 10. The summed E-state index contributed by atoms with van der Waals surface area (Å²) in [6, 6.07) is 12.7. The monoisotopic (exact) mass is 442 g/mol. The van der Waals surface area contributed by atoms with Crippen molar-refractivity contribution in [3.63, 3.8) is 0 Å². The second-order valence-electron chi connectivity index (χ2n) is 7.26. The molecule has 0 aliphatic rings. The number of furan rings is 1. The van der Waals surface area contributed by atoms with Gasteiger partial charge in [0.2, 0.25) is 5.91 Å². The van der Waals surface area contributed by atoms with Crippen molar-refractivity contribution in [2.24, 2.45) is 7.05 Å². The Kier molecular flexibility index (Phi) is 8.04. The molecule has 0 radical (unpaired) electrons. The van der Waals surface area contributed by atoms with Crippen LogP contribution in [0.4, 0.5) is 14.9 Å². The minimum atomic E-state index is -0.586. The van der Waals surface area contributed by atoms with E-state index in [0.717, 1.165) is 5.69 Å². The Balaban J connectivity index is 1.75. The summed E-state index contributed by atoms with van der Waals surface area (Å²) in [5, 5.41) is 2.53. The standard InChI is InChI=1S/C23H27FN4O4/c1-26-11-5-7-18(26)15-28(16-19-8-6-13-32-19)22(29)17-27(12-14-31-2)23(30)25-21-10-4-3-9-20(21)24/h3-11,13H,12,14-17H2,1-2H3,(H,25,30). The summed E-state index contributed by atoms with van der Waals surface area (Å²) in [6.45, 7) is 0.796. The van der Waals surface area contributed by atoms with Gasteiger partial charge < -0.3 is 28.8 Å². The van der Waals surface area contributed by atoms with E-state index in [-0.39, 0.29) is 37.8 Å². The topological polar surface area (TPSA) is 80.0 Å². The Hall–Kier alpha value is -3.59. The zero-order valence-electron chi connectivity index (χ0n) is 18.2. The Morgan fingerprint density at radius 1 is 1.09 bits per heavy atom. The van der Waals surface area contributed by atoms with Crippen LogP contribution in [0, 0.1) is 5.82 Å². The van der Waals surface area contributed by atoms with Crippen molar-refractivity contribution in [2.75, 3.05) is 32.1 Å². The second-order valence-corrected chi connectivity index (χ2v) is 7.26. The Labute approximate surface area is 186 Å². The minimum absolute atomic E-state index is 0.0450. The number of urea groups is 1. The van der Waals surface area contributed by atoms with Crippen LogP contribution in [0.2, 0.25) is 0 Å². The number of anilines is 1. The normalized spacial score (nSPS) is 10.7. The number of aromatic nitrogens is 1. The zero-order valence-corrected chi connectivity index (χ0v) is 18.2. The highest BCUT2D eigenvalue weighted by atomic mass is 19.1. The van der Waals surface area contributed by atoms with Crippen molar-refractivity contribution in [1.82, 2.24) is 14.4 Å². The number of hydrogen-bond acceptors (Lipinski definition) is 4. The molecule has 9 heteroatoms. The molecule has 3 rings (SSSR count). The first kappa shape index (κ1) is 23.1. The highest BCUT2D eigenvalue weighted by molar-refractivity contribution is 5.92. The van der Waals surface area contributed by atoms with E-state index in [2.05, 4.69) is 5.32 Å². The molecule has 8 nitrogen and oxygen atoms in total. The van der Waals surface area contributed by atoms with Crippen LogP contribution >= 0.6 is 0 Å². The van der Waals surface area contributed by atoms with Gasteiger partial charge in [-0.3, -0.25) is 4.79 Å². The van der Waals surface area contributed by atoms with E-state index in [1.54, 1.807) is 29.4 Å². The number of aryl methyl sites for hydroxylation is 1. The van der Waals surface area contributed by atoms with Gasteiger partial charge in [0.25, 0.3) is 0 Å². The van der Waals surface area contributed by atoms with Crippen molar-refractivity contribution < 1.29 is 23.1 Å². The average Bonchev–Trinajstić information content (AvgIpc) is 3.44. The third-order valence-corrected chi connectivity index (χ3v) is 4.98. The molecular weight excluding hydrogens is 415 g/mol. The van der Waals surface area contributed by atoms with Gasteiger partial charge in [-0.2, -0.15) is 0 Å². The Morgan fingerprint density at radius 2 is 1.91 bits per heavy atom. The molecule has 2 aromatic heterocycles. The van der Waals surface area contributed by atoms with E-state index in [1.165, 1.54) is 30.2 Å². The molecule has 1 N–H and O–H groups in total.